The van der Waals surface area contributed by atoms with Crippen molar-refractivity contribution in [3.05, 3.63) is 69.9 Å². The summed E-state index contributed by atoms with van der Waals surface area (Å²) in [5.74, 6) is 0.165. The van der Waals surface area contributed by atoms with Gasteiger partial charge in [-0.2, -0.15) is 9.40 Å². The van der Waals surface area contributed by atoms with Crippen molar-refractivity contribution in [1.29, 1.82) is 0 Å². The summed E-state index contributed by atoms with van der Waals surface area (Å²) in [7, 11) is -3.59. The standard InChI is InChI=1S/C21H20BrClN4O5S/c22-18-13-15(23)1-6-20(18)32-14-26-8-7-19(25-26)21(28)24-16-2-4-17(5-3-16)33(29,30)27-9-11-31-12-10-27/h1-8,13H,9-12,14H2,(H,24,28). The summed E-state index contributed by atoms with van der Waals surface area (Å²) in [5.41, 5.74) is 0.649. The van der Waals surface area contributed by atoms with Crippen molar-refractivity contribution in [3.8, 4) is 5.75 Å². The number of amides is 1. The Morgan fingerprint density at radius 1 is 1.15 bits per heavy atom. The van der Waals surface area contributed by atoms with Gasteiger partial charge in [-0.1, -0.05) is 11.6 Å². The van der Waals surface area contributed by atoms with Crippen LogP contribution < -0.4 is 10.1 Å². The molecule has 3 aromatic rings. The number of hydrogen-bond donors (Lipinski definition) is 1. The Kier molecular flexibility index (Phi) is 7.35. The molecule has 1 N–H and O–H groups in total. The van der Waals surface area contributed by atoms with E-state index in [0.717, 1.165) is 0 Å². The number of sulfonamides is 1. The van der Waals surface area contributed by atoms with Crippen LogP contribution in [0.25, 0.3) is 0 Å². The molecule has 174 valence electrons. The molecule has 0 spiro atoms. The molecule has 1 aliphatic heterocycles. The van der Waals surface area contributed by atoms with Gasteiger partial charge in [-0.3, -0.25) is 4.79 Å². The Balaban J connectivity index is 1.36. The summed E-state index contributed by atoms with van der Waals surface area (Å²) in [6.45, 7) is 1.50. The maximum absolute atomic E-state index is 12.7. The molecule has 0 aliphatic carbocycles. The Bertz CT molecular complexity index is 1240. The summed E-state index contributed by atoms with van der Waals surface area (Å²) in [6.07, 6.45) is 1.62. The van der Waals surface area contributed by atoms with Crippen LogP contribution in [0.15, 0.2) is 64.1 Å². The van der Waals surface area contributed by atoms with Gasteiger partial charge in [-0.25, -0.2) is 13.1 Å². The van der Waals surface area contributed by atoms with Gasteiger partial charge in [0.2, 0.25) is 10.0 Å². The van der Waals surface area contributed by atoms with E-state index in [2.05, 4.69) is 26.3 Å². The number of halogens is 2. The second kappa shape index (κ2) is 10.2. The van der Waals surface area contributed by atoms with E-state index < -0.39 is 15.9 Å². The van der Waals surface area contributed by atoms with E-state index in [9.17, 15) is 13.2 Å². The van der Waals surface area contributed by atoms with Gasteiger partial charge in [0.1, 0.15) is 5.75 Å². The fraction of sp³-hybridized carbons (Fsp3) is 0.238. The van der Waals surface area contributed by atoms with Crippen molar-refractivity contribution in [2.75, 3.05) is 31.6 Å². The highest BCUT2D eigenvalue weighted by molar-refractivity contribution is 9.10. The van der Waals surface area contributed by atoms with Crippen molar-refractivity contribution in [2.24, 2.45) is 0 Å². The number of nitrogens with zero attached hydrogens (tertiary/aromatic N) is 3. The van der Waals surface area contributed by atoms with E-state index in [1.807, 2.05) is 0 Å². The monoisotopic (exact) mass is 554 g/mol. The van der Waals surface area contributed by atoms with Crippen molar-refractivity contribution in [3.63, 3.8) is 0 Å². The Hall–Kier alpha value is -2.44. The second-order valence-corrected chi connectivity index (χ2v) is 10.3. The van der Waals surface area contributed by atoms with Gasteiger partial charge >= 0.3 is 0 Å². The van der Waals surface area contributed by atoms with Crippen LogP contribution in [0, 0.1) is 0 Å². The van der Waals surface area contributed by atoms with Crippen LogP contribution in [0.2, 0.25) is 5.02 Å². The predicted molar refractivity (Wildman–Crippen MR) is 126 cm³/mol. The maximum Gasteiger partial charge on any atom is 0.276 e. The minimum Gasteiger partial charge on any atom is -0.470 e. The van der Waals surface area contributed by atoms with Crippen LogP contribution in [0.4, 0.5) is 5.69 Å². The molecule has 33 heavy (non-hydrogen) atoms. The van der Waals surface area contributed by atoms with Crippen LogP contribution >= 0.6 is 27.5 Å². The Morgan fingerprint density at radius 3 is 2.58 bits per heavy atom. The summed E-state index contributed by atoms with van der Waals surface area (Å²) in [6, 6.07) is 12.7. The highest BCUT2D eigenvalue weighted by atomic mass is 79.9. The lowest BCUT2D eigenvalue weighted by Crippen LogP contribution is -2.40. The van der Waals surface area contributed by atoms with E-state index in [-0.39, 0.29) is 17.3 Å². The van der Waals surface area contributed by atoms with Gasteiger partial charge < -0.3 is 14.8 Å². The highest BCUT2D eigenvalue weighted by Crippen LogP contribution is 2.28. The second-order valence-electron chi connectivity index (χ2n) is 7.08. The van der Waals surface area contributed by atoms with Gasteiger partial charge in [-0.05, 0) is 64.5 Å². The van der Waals surface area contributed by atoms with E-state index in [1.165, 1.54) is 21.1 Å². The smallest absolute Gasteiger partial charge is 0.276 e. The summed E-state index contributed by atoms with van der Waals surface area (Å²) < 4.78 is 39.9. The number of anilines is 1. The molecule has 0 saturated carbocycles. The van der Waals surface area contributed by atoms with Gasteiger partial charge in [0, 0.05) is 30.0 Å². The quantitative estimate of drug-likeness (QED) is 0.478. The third-order valence-electron chi connectivity index (χ3n) is 4.84. The average molecular weight is 556 g/mol. The number of rotatable bonds is 7. The number of ether oxygens (including phenoxy) is 2. The molecule has 0 radical (unpaired) electrons. The molecule has 1 amide bonds. The Morgan fingerprint density at radius 2 is 1.88 bits per heavy atom. The zero-order valence-corrected chi connectivity index (χ0v) is 20.4. The maximum atomic E-state index is 12.7. The van der Waals surface area contributed by atoms with Gasteiger partial charge in [-0.15, -0.1) is 0 Å². The number of aromatic nitrogens is 2. The van der Waals surface area contributed by atoms with Crippen LogP contribution in [-0.2, 0) is 21.5 Å². The molecule has 4 rings (SSSR count). The molecular weight excluding hydrogens is 536 g/mol. The molecule has 1 aliphatic rings. The van der Waals surface area contributed by atoms with Crippen molar-refractivity contribution in [1.82, 2.24) is 14.1 Å². The first-order chi connectivity index (χ1) is 15.8. The highest BCUT2D eigenvalue weighted by Gasteiger charge is 2.26. The lowest BCUT2D eigenvalue weighted by molar-refractivity contribution is 0.0730. The summed E-state index contributed by atoms with van der Waals surface area (Å²) in [4.78, 5) is 12.7. The molecule has 9 nitrogen and oxygen atoms in total. The molecule has 0 atom stereocenters. The minimum absolute atomic E-state index is 0.0988. The molecule has 1 saturated heterocycles. The fourth-order valence-electron chi connectivity index (χ4n) is 3.12. The van der Waals surface area contributed by atoms with Crippen LogP contribution in [0.5, 0.6) is 5.75 Å². The van der Waals surface area contributed by atoms with Crippen LogP contribution in [0.1, 0.15) is 10.5 Å². The zero-order valence-electron chi connectivity index (χ0n) is 17.3. The molecule has 1 fully saturated rings. The normalized spacial score (nSPS) is 14.7. The van der Waals surface area contributed by atoms with Gasteiger partial charge in [0.15, 0.2) is 12.4 Å². The number of hydrogen-bond acceptors (Lipinski definition) is 6. The molecule has 2 heterocycles. The van der Waals surface area contributed by atoms with E-state index >= 15 is 0 Å². The minimum atomic E-state index is -3.59. The van der Waals surface area contributed by atoms with Gasteiger partial charge in [0.25, 0.3) is 5.91 Å². The van der Waals surface area contributed by atoms with Crippen LogP contribution in [-0.4, -0.2) is 54.7 Å². The van der Waals surface area contributed by atoms with Gasteiger partial charge in [0.05, 0.1) is 22.6 Å². The molecule has 0 unspecified atom stereocenters. The number of morpholine rings is 1. The number of benzene rings is 2. The third-order valence-corrected chi connectivity index (χ3v) is 7.61. The number of carbonyl (C=O) groups excluding carboxylic acids is 1. The number of carbonyl (C=O) groups is 1. The average Bonchev–Trinajstić information content (AvgIpc) is 3.29. The largest absolute Gasteiger partial charge is 0.470 e. The molecule has 12 heteroatoms. The zero-order chi connectivity index (χ0) is 23.4. The lowest BCUT2D eigenvalue weighted by atomic mass is 10.3. The molecule has 2 aromatic carbocycles. The predicted octanol–water partition coefficient (Wildman–Crippen LogP) is 3.61. The van der Waals surface area contributed by atoms with Crippen molar-refractivity contribution in [2.45, 2.75) is 11.6 Å². The topological polar surface area (TPSA) is 103 Å². The SMILES string of the molecule is O=C(Nc1ccc(S(=O)(=O)N2CCOCC2)cc1)c1ccn(COc2ccc(Cl)cc2Br)n1. The first kappa shape index (κ1) is 23.7. The fourth-order valence-corrected chi connectivity index (χ4v) is 5.33. The van der Waals surface area contributed by atoms with Crippen molar-refractivity contribution >= 4 is 49.1 Å². The molecule has 0 bridgehead atoms. The van der Waals surface area contributed by atoms with Crippen molar-refractivity contribution < 1.29 is 22.7 Å². The number of nitrogens with one attached hydrogen (secondary N) is 1. The lowest BCUT2D eigenvalue weighted by Gasteiger charge is -2.26. The van der Waals surface area contributed by atoms with E-state index in [1.54, 1.807) is 42.6 Å². The first-order valence-electron chi connectivity index (χ1n) is 9.93. The third kappa shape index (κ3) is 5.74. The van der Waals surface area contributed by atoms with E-state index in [0.29, 0.717) is 47.2 Å². The van der Waals surface area contributed by atoms with E-state index in [4.69, 9.17) is 21.1 Å². The molecule has 1 aromatic heterocycles. The molecular formula is C21H20BrClN4O5S. The Labute approximate surface area is 204 Å². The first-order valence-corrected chi connectivity index (χ1v) is 12.5. The van der Waals surface area contributed by atoms with Crippen LogP contribution in [0.3, 0.4) is 0 Å². The summed E-state index contributed by atoms with van der Waals surface area (Å²) in [5, 5.41) is 7.51. The summed E-state index contributed by atoms with van der Waals surface area (Å²) >= 11 is 9.30.